The van der Waals surface area contributed by atoms with Crippen molar-refractivity contribution in [3.05, 3.63) is 65.7 Å². The van der Waals surface area contributed by atoms with Gasteiger partial charge in [0.05, 0.1) is 4.90 Å². The van der Waals surface area contributed by atoms with Crippen LogP contribution < -0.4 is 10.5 Å². The summed E-state index contributed by atoms with van der Waals surface area (Å²) in [7, 11) is -3.66. The first-order valence-electron chi connectivity index (χ1n) is 8.45. The van der Waals surface area contributed by atoms with Gasteiger partial charge in [-0.3, -0.25) is 4.79 Å². The number of hydrogen-bond acceptors (Lipinski definition) is 4. The highest BCUT2D eigenvalue weighted by molar-refractivity contribution is 7.99. The molecule has 140 valence electrons. The fourth-order valence-corrected chi connectivity index (χ4v) is 3.81. The minimum Gasteiger partial charge on any atom is -0.356 e. The number of rotatable bonds is 10. The summed E-state index contributed by atoms with van der Waals surface area (Å²) >= 11 is 1.78. The molecule has 0 aliphatic rings. The Kier molecular flexibility index (Phi) is 8.15. The molecule has 0 heterocycles. The molecule has 0 radical (unpaired) electrons. The van der Waals surface area contributed by atoms with Crippen molar-refractivity contribution in [2.24, 2.45) is 5.14 Å². The van der Waals surface area contributed by atoms with Crippen LogP contribution in [0.1, 0.15) is 17.5 Å². The van der Waals surface area contributed by atoms with E-state index in [1.54, 1.807) is 23.9 Å². The largest absolute Gasteiger partial charge is 0.356 e. The molecule has 0 unspecified atom stereocenters. The van der Waals surface area contributed by atoms with Crippen LogP contribution in [0, 0.1) is 0 Å². The Labute approximate surface area is 159 Å². The molecule has 2 aromatic carbocycles. The molecule has 7 heteroatoms. The molecule has 0 aliphatic carbocycles. The van der Waals surface area contributed by atoms with Gasteiger partial charge in [0.2, 0.25) is 15.9 Å². The molecule has 0 saturated carbocycles. The van der Waals surface area contributed by atoms with Gasteiger partial charge < -0.3 is 5.32 Å². The number of primary sulfonamides is 1. The maximum absolute atomic E-state index is 11.8. The molecule has 3 N–H and O–H groups in total. The molecule has 0 fully saturated rings. The highest BCUT2D eigenvalue weighted by atomic mass is 32.2. The van der Waals surface area contributed by atoms with Crippen molar-refractivity contribution in [3.63, 3.8) is 0 Å². The lowest BCUT2D eigenvalue weighted by atomic mass is 10.1. The summed E-state index contributed by atoms with van der Waals surface area (Å²) in [5.74, 6) is 1.86. The number of sulfonamides is 1. The Morgan fingerprint density at radius 3 is 2.23 bits per heavy atom. The van der Waals surface area contributed by atoms with Crippen LogP contribution in [0.5, 0.6) is 0 Å². The number of benzene rings is 2. The summed E-state index contributed by atoms with van der Waals surface area (Å²) in [6.45, 7) is 0.530. The number of carbonyl (C=O) groups excluding carboxylic acids is 1. The lowest BCUT2D eigenvalue weighted by Gasteiger charge is -2.06. The van der Waals surface area contributed by atoms with Gasteiger partial charge in [0, 0.05) is 18.7 Å². The van der Waals surface area contributed by atoms with Gasteiger partial charge in [-0.15, -0.1) is 0 Å². The zero-order valence-corrected chi connectivity index (χ0v) is 16.2. The second-order valence-corrected chi connectivity index (χ2v) is 8.67. The van der Waals surface area contributed by atoms with E-state index in [2.05, 4.69) is 17.4 Å². The Morgan fingerprint density at radius 2 is 1.58 bits per heavy atom. The molecule has 0 aliphatic heterocycles. The highest BCUT2D eigenvalue weighted by Crippen LogP contribution is 2.10. The first-order valence-corrected chi connectivity index (χ1v) is 11.2. The number of nitrogens with two attached hydrogens (primary N) is 1. The predicted molar refractivity (Wildman–Crippen MR) is 107 cm³/mol. The number of thioether (sulfide) groups is 1. The standard InChI is InChI=1S/C19H24N2O3S2/c20-26(23,24)18-8-6-17(7-9-18)10-13-21-19(22)12-15-25-14-11-16-4-2-1-3-5-16/h1-9H,10-15H2,(H,21,22)(H2,20,23,24). The number of carbonyl (C=O) groups is 1. The van der Waals surface area contributed by atoms with Crippen LogP contribution in [-0.4, -0.2) is 32.4 Å². The van der Waals surface area contributed by atoms with Crippen LogP contribution in [0.25, 0.3) is 0 Å². The lowest BCUT2D eigenvalue weighted by Crippen LogP contribution is -2.26. The van der Waals surface area contributed by atoms with E-state index in [0.717, 1.165) is 23.5 Å². The Morgan fingerprint density at radius 1 is 0.923 bits per heavy atom. The molecule has 0 spiro atoms. The van der Waals surface area contributed by atoms with Gasteiger partial charge in [-0.25, -0.2) is 13.6 Å². The van der Waals surface area contributed by atoms with Gasteiger partial charge in [0.25, 0.3) is 0 Å². The van der Waals surface area contributed by atoms with Crippen molar-refractivity contribution in [3.8, 4) is 0 Å². The summed E-state index contributed by atoms with van der Waals surface area (Å²) < 4.78 is 22.4. The third-order valence-corrected chi connectivity index (χ3v) is 5.75. The minimum atomic E-state index is -3.66. The average molecular weight is 393 g/mol. The van der Waals surface area contributed by atoms with E-state index in [4.69, 9.17) is 5.14 Å². The Bertz CT molecular complexity index is 791. The Hall–Kier alpha value is -1.83. The van der Waals surface area contributed by atoms with Gasteiger partial charge in [0.1, 0.15) is 0 Å². The highest BCUT2D eigenvalue weighted by Gasteiger charge is 2.07. The summed E-state index contributed by atoms with van der Waals surface area (Å²) in [5, 5.41) is 7.95. The van der Waals surface area contributed by atoms with E-state index < -0.39 is 10.0 Å². The zero-order valence-electron chi connectivity index (χ0n) is 14.6. The summed E-state index contributed by atoms with van der Waals surface area (Å²) in [6.07, 6.45) is 2.17. The summed E-state index contributed by atoms with van der Waals surface area (Å²) in [6, 6.07) is 16.7. The van der Waals surface area contributed by atoms with Crippen LogP contribution >= 0.6 is 11.8 Å². The third-order valence-electron chi connectivity index (χ3n) is 3.84. The van der Waals surface area contributed by atoms with Crippen LogP contribution in [-0.2, 0) is 27.7 Å². The van der Waals surface area contributed by atoms with E-state index in [1.807, 2.05) is 18.2 Å². The molecular formula is C19H24N2O3S2. The molecule has 1 amide bonds. The fraction of sp³-hybridized carbons (Fsp3) is 0.316. The number of amides is 1. The third kappa shape index (κ3) is 7.59. The topological polar surface area (TPSA) is 89.3 Å². The SMILES string of the molecule is NS(=O)(=O)c1ccc(CCNC(=O)CCSCCc2ccccc2)cc1. The molecule has 2 rings (SSSR count). The van der Waals surface area contributed by atoms with Gasteiger partial charge in [0.15, 0.2) is 0 Å². The van der Waals surface area contributed by atoms with Gasteiger partial charge >= 0.3 is 0 Å². The maximum Gasteiger partial charge on any atom is 0.238 e. The minimum absolute atomic E-state index is 0.0402. The molecule has 2 aromatic rings. The lowest BCUT2D eigenvalue weighted by molar-refractivity contribution is -0.120. The smallest absolute Gasteiger partial charge is 0.238 e. The van der Waals surface area contributed by atoms with Crippen molar-refractivity contribution in [1.29, 1.82) is 0 Å². The molecule has 0 bridgehead atoms. The summed E-state index contributed by atoms with van der Waals surface area (Å²) in [5.41, 5.74) is 2.27. The maximum atomic E-state index is 11.8. The second-order valence-electron chi connectivity index (χ2n) is 5.89. The number of nitrogens with one attached hydrogen (secondary N) is 1. The molecule has 0 aromatic heterocycles. The predicted octanol–water partition coefficient (Wildman–Crippen LogP) is 2.36. The van der Waals surface area contributed by atoms with Crippen LogP contribution in [0.4, 0.5) is 0 Å². The molecule has 26 heavy (non-hydrogen) atoms. The number of aryl methyl sites for hydroxylation is 1. The van der Waals surface area contributed by atoms with Crippen LogP contribution in [0.2, 0.25) is 0 Å². The van der Waals surface area contributed by atoms with Crippen molar-refractivity contribution >= 4 is 27.7 Å². The van der Waals surface area contributed by atoms with Crippen LogP contribution in [0.15, 0.2) is 59.5 Å². The van der Waals surface area contributed by atoms with E-state index in [-0.39, 0.29) is 10.8 Å². The molecule has 0 atom stereocenters. The van der Waals surface area contributed by atoms with Gasteiger partial charge in [-0.1, -0.05) is 42.5 Å². The first kappa shape index (κ1) is 20.5. The van der Waals surface area contributed by atoms with Crippen molar-refractivity contribution < 1.29 is 13.2 Å². The quantitative estimate of drug-likeness (QED) is 0.608. The molecular weight excluding hydrogens is 368 g/mol. The Balaban J connectivity index is 1.57. The van der Waals surface area contributed by atoms with E-state index >= 15 is 0 Å². The zero-order chi connectivity index (χ0) is 18.8. The summed E-state index contributed by atoms with van der Waals surface area (Å²) in [4.78, 5) is 11.9. The van der Waals surface area contributed by atoms with E-state index in [9.17, 15) is 13.2 Å². The van der Waals surface area contributed by atoms with Crippen LogP contribution in [0.3, 0.4) is 0 Å². The van der Waals surface area contributed by atoms with Crippen molar-refractivity contribution in [2.75, 3.05) is 18.1 Å². The first-order chi connectivity index (χ1) is 12.4. The van der Waals surface area contributed by atoms with E-state index in [1.165, 1.54) is 17.7 Å². The fourth-order valence-electron chi connectivity index (χ4n) is 2.38. The monoisotopic (exact) mass is 392 g/mol. The number of hydrogen-bond donors (Lipinski definition) is 2. The van der Waals surface area contributed by atoms with Gasteiger partial charge in [-0.05, 0) is 41.9 Å². The average Bonchev–Trinajstić information content (AvgIpc) is 2.62. The van der Waals surface area contributed by atoms with Crippen molar-refractivity contribution in [2.45, 2.75) is 24.2 Å². The van der Waals surface area contributed by atoms with E-state index in [0.29, 0.717) is 19.4 Å². The molecule has 0 saturated heterocycles. The second kappa shape index (κ2) is 10.4. The molecule has 5 nitrogen and oxygen atoms in total. The van der Waals surface area contributed by atoms with Crippen molar-refractivity contribution in [1.82, 2.24) is 5.32 Å². The normalized spacial score (nSPS) is 11.3. The van der Waals surface area contributed by atoms with Gasteiger partial charge in [-0.2, -0.15) is 11.8 Å².